The van der Waals surface area contributed by atoms with Gasteiger partial charge in [0, 0.05) is 44.1 Å². The molecule has 0 saturated carbocycles. The van der Waals surface area contributed by atoms with Crippen molar-refractivity contribution < 1.29 is 44.6 Å². The maximum atomic E-state index is 16.9. The number of alkyl halides is 6. The van der Waals surface area contributed by atoms with E-state index in [-0.39, 0.29) is 72.6 Å². The minimum atomic E-state index is -4.94. The highest BCUT2D eigenvalue weighted by molar-refractivity contribution is 5.97. The highest BCUT2D eigenvalue weighted by atomic mass is 19.4. The lowest BCUT2D eigenvalue weighted by atomic mass is 9.94. The van der Waals surface area contributed by atoms with Crippen LogP contribution in [0.1, 0.15) is 43.7 Å². The third kappa shape index (κ3) is 5.75. The van der Waals surface area contributed by atoms with Crippen molar-refractivity contribution in [3.8, 4) is 23.1 Å². The number of anilines is 2. The number of hydrogen-bond donors (Lipinski definition) is 2. The molecule has 0 aliphatic carbocycles. The number of rotatable bonds is 7. The number of aromatic nitrogens is 3. The molecule has 0 bridgehead atoms. The van der Waals surface area contributed by atoms with E-state index in [4.69, 9.17) is 15.2 Å². The molecule has 7 rings (SSSR count). The molecule has 1 unspecified atom stereocenters. The largest absolute Gasteiger partial charge is 0.462 e. The molecule has 0 spiro atoms. The minimum Gasteiger partial charge on any atom is -0.462 e. The van der Waals surface area contributed by atoms with E-state index in [2.05, 4.69) is 20.3 Å². The number of hydrogen-bond acceptors (Lipinski definition) is 9. The molecule has 5 atom stereocenters. The summed E-state index contributed by atoms with van der Waals surface area (Å²) in [5.74, 6) is -2.99. The fourth-order valence-electron chi connectivity index (χ4n) is 7.88. The summed E-state index contributed by atoms with van der Waals surface area (Å²) in [5.41, 5.74) is 2.46. The number of nitrogens with zero attached hydrogens (tertiary/aromatic N) is 5. The van der Waals surface area contributed by atoms with Crippen LogP contribution in [0.3, 0.4) is 0 Å². The number of nitrogens with one attached hydrogen (secondary N) is 1. The molecule has 2 aromatic heterocycles. The first-order valence-corrected chi connectivity index (χ1v) is 16.2. The van der Waals surface area contributed by atoms with Crippen LogP contribution in [-0.4, -0.2) is 95.1 Å². The van der Waals surface area contributed by atoms with Crippen LogP contribution in [0, 0.1) is 18.6 Å². The van der Waals surface area contributed by atoms with E-state index in [9.17, 15) is 30.7 Å². The Morgan fingerprint density at radius 1 is 1.16 bits per heavy atom. The smallest absolute Gasteiger partial charge is 0.427 e. The van der Waals surface area contributed by atoms with Gasteiger partial charge < -0.3 is 25.4 Å². The zero-order chi connectivity index (χ0) is 35.0. The predicted molar refractivity (Wildman–Crippen MR) is 164 cm³/mol. The van der Waals surface area contributed by atoms with Crippen molar-refractivity contribution >= 4 is 22.4 Å². The van der Waals surface area contributed by atoms with Crippen LogP contribution in [-0.2, 0) is 6.42 Å². The standard InChI is InChI=1S/C32H35F8N7O2/c1-3-16-12-47-20(10-42-16)27(32(38,39)40)49-29-22-26(24(37)25(43-29)18-7-19(41)23(36)14(2)17(18)8-21(34)35)44-30(45-28(22)47)48-13-31-5-4-6-46(31)11-15(33)9-31/h7,15-16,20-21,27,42H,3-6,8-13,41H2,1-2H3/t15-,16-,20+,27?,31+/m1/s1. The second-order valence-corrected chi connectivity index (χ2v) is 13.3. The zero-order valence-corrected chi connectivity index (χ0v) is 26.7. The molecular weight excluding hydrogens is 666 g/mol. The van der Waals surface area contributed by atoms with Crippen LogP contribution in [0.25, 0.3) is 22.2 Å². The van der Waals surface area contributed by atoms with Crippen LogP contribution in [0.4, 0.5) is 46.6 Å². The summed E-state index contributed by atoms with van der Waals surface area (Å²) in [6, 6.07) is -1.09. The molecule has 49 heavy (non-hydrogen) atoms. The summed E-state index contributed by atoms with van der Waals surface area (Å²) in [6.07, 6.45) is -10.3. The summed E-state index contributed by atoms with van der Waals surface area (Å²) < 4.78 is 130. The van der Waals surface area contributed by atoms with E-state index < -0.39 is 77.3 Å². The van der Waals surface area contributed by atoms with Gasteiger partial charge in [0.1, 0.15) is 41.0 Å². The Kier molecular flexibility index (Phi) is 8.44. The number of pyridine rings is 1. The topological polar surface area (TPSA) is 102 Å². The van der Waals surface area contributed by atoms with Gasteiger partial charge in [-0.25, -0.2) is 26.9 Å². The molecule has 4 aliphatic rings. The summed E-state index contributed by atoms with van der Waals surface area (Å²) in [6.45, 7) is 3.77. The van der Waals surface area contributed by atoms with E-state index in [1.165, 1.54) is 11.8 Å². The van der Waals surface area contributed by atoms with Gasteiger partial charge in [-0.3, -0.25) is 4.90 Å². The normalized spacial score (nSPS) is 27.0. The summed E-state index contributed by atoms with van der Waals surface area (Å²) in [7, 11) is 0. The van der Waals surface area contributed by atoms with Gasteiger partial charge in [-0.1, -0.05) is 6.92 Å². The molecule has 9 nitrogen and oxygen atoms in total. The number of nitrogens with two attached hydrogens (primary N) is 1. The van der Waals surface area contributed by atoms with E-state index >= 15 is 4.39 Å². The fraction of sp³-hybridized carbons (Fsp3) is 0.594. The number of ether oxygens (including phenoxy) is 2. The summed E-state index contributed by atoms with van der Waals surface area (Å²) in [5, 5.41) is 2.83. The van der Waals surface area contributed by atoms with Gasteiger partial charge in [-0.05, 0) is 49.9 Å². The van der Waals surface area contributed by atoms with E-state index in [0.717, 1.165) is 12.5 Å². The lowest BCUT2D eigenvalue weighted by Crippen LogP contribution is -2.64. The Labute approximate surface area is 276 Å². The van der Waals surface area contributed by atoms with Crippen molar-refractivity contribution in [2.45, 2.75) is 88.5 Å². The SMILES string of the molecule is CC[C@@H]1CN2c3nc(OC[C@@]45CCCN4C[C@H](F)C5)nc4c(F)c(-c5cc(N)c(F)c(C)c5CC(F)F)nc(c34)OC(C(F)(F)F)[C@@H]2CN1. The lowest BCUT2D eigenvalue weighted by Gasteiger charge is -2.42. The number of nitrogen functional groups attached to an aromatic ring is 1. The van der Waals surface area contributed by atoms with Crippen molar-refractivity contribution in [2.75, 3.05) is 43.4 Å². The number of halogens is 8. The minimum absolute atomic E-state index is 0.0406. The van der Waals surface area contributed by atoms with Crippen LogP contribution in [0.15, 0.2) is 6.07 Å². The first kappa shape index (κ1) is 33.8. The summed E-state index contributed by atoms with van der Waals surface area (Å²) in [4.78, 5) is 16.4. The molecule has 0 radical (unpaired) electrons. The fourth-order valence-corrected chi connectivity index (χ4v) is 7.88. The van der Waals surface area contributed by atoms with Gasteiger partial charge in [0.05, 0.1) is 17.3 Å². The van der Waals surface area contributed by atoms with Crippen molar-refractivity contribution in [3.63, 3.8) is 0 Å². The number of fused-ring (bicyclic) bond motifs is 3. The maximum Gasteiger partial charge on any atom is 0.427 e. The molecule has 3 fully saturated rings. The zero-order valence-electron chi connectivity index (χ0n) is 26.7. The molecular formula is C32H35F8N7O2. The Morgan fingerprint density at radius 2 is 1.94 bits per heavy atom. The van der Waals surface area contributed by atoms with Crippen molar-refractivity contribution in [3.05, 3.63) is 28.8 Å². The Balaban J connectivity index is 1.45. The number of piperazine rings is 1. The molecule has 1 aromatic carbocycles. The maximum absolute atomic E-state index is 16.9. The third-order valence-corrected chi connectivity index (χ3v) is 10.3. The molecule has 6 heterocycles. The average Bonchev–Trinajstić information content (AvgIpc) is 3.53. The van der Waals surface area contributed by atoms with E-state index in [1.807, 2.05) is 11.8 Å². The Bertz CT molecular complexity index is 1780. The molecule has 17 heteroatoms. The highest BCUT2D eigenvalue weighted by Crippen LogP contribution is 2.46. The van der Waals surface area contributed by atoms with Gasteiger partial charge >= 0.3 is 12.2 Å². The van der Waals surface area contributed by atoms with Crippen LogP contribution >= 0.6 is 0 Å². The Hall–Kier alpha value is -3.73. The van der Waals surface area contributed by atoms with Crippen molar-refractivity contribution in [1.29, 1.82) is 0 Å². The molecule has 3 saturated heterocycles. The lowest BCUT2D eigenvalue weighted by molar-refractivity contribution is -0.201. The predicted octanol–water partition coefficient (Wildman–Crippen LogP) is 5.50. The quantitative estimate of drug-likeness (QED) is 0.244. The summed E-state index contributed by atoms with van der Waals surface area (Å²) >= 11 is 0. The van der Waals surface area contributed by atoms with Gasteiger partial charge in [0.25, 0.3) is 0 Å². The van der Waals surface area contributed by atoms with Crippen molar-refractivity contribution in [1.82, 2.24) is 25.2 Å². The van der Waals surface area contributed by atoms with Gasteiger partial charge in [-0.2, -0.15) is 23.1 Å². The average molecular weight is 702 g/mol. The van der Waals surface area contributed by atoms with Crippen molar-refractivity contribution in [2.24, 2.45) is 0 Å². The van der Waals surface area contributed by atoms with E-state index in [1.54, 1.807) is 0 Å². The molecule has 3 N–H and O–H groups in total. The van der Waals surface area contributed by atoms with Gasteiger partial charge in [0.2, 0.25) is 18.4 Å². The van der Waals surface area contributed by atoms with Crippen LogP contribution in [0.5, 0.6) is 11.9 Å². The van der Waals surface area contributed by atoms with Gasteiger partial charge in [-0.15, -0.1) is 0 Å². The monoisotopic (exact) mass is 701 g/mol. The molecule has 4 aliphatic heterocycles. The highest BCUT2D eigenvalue weighted by Gasteiger charge is 2.54. The second-order valence-electron chi connectivity index (χ2n) is 13.3. The molecule has 3 aromatic rings. The Morgan fingerprint density at radius 3 is 2.65 bits per heavy atom. The first-order valence-electron chi connectivity index (χ1n) is 16.2. The molecule has 266 valence electrons. The third-order valence-electron chi connectivity index (χ3n) is 10.3. The molecule has 0 amide bonds. The van der Waals surface area contributed by atoms with Crippen LogP contribution < -0.4 is 25.4 Å². The first-order chi connectivity index (χ1) is 23.2. The van der Waals surface area contributed by atoms with E-state index in [0.29, 0.717) is 19.4 Å². The van der Waals surface area contributed by atoms with Crippen LogP contribution in [0.2, 0.25) is 0 Å². The number of benzene rings is 1. The van der Waals surface area contributed by atoms with Gasteiger partial charge in [0.15, 0.2) is 5.82 Å². The second kappa shape index (κ2) is 12.2.